The van der Waals surface area contributed by atoms with Gasteiger partial charge >= 0.3 is 0 Å². The third-order valence-electron chi connectivity index (χ3n) is 2.74. The summed E-state index contributed by atoms with van der Waals surface area (Å²) in [5.41, 5.74) is 0.824. The van der Waals surface area contributed by atoms with E-state index in [1.807, 2.05) is 6.07 Å². The van der Waals surface area contributed by atoms with Gasteiger partial charge in [-0.05, 0) is 17.7 Å². The summed E-state index contributed by atoms with van der Waals surface area (Å²) in [6.07, 6.45) is 0. The highest BCUT2D eigenvalue weighted by molar-refractivity contribution is 6.06. The minimum absolute atomic E-state index is 0.121. The third-order valence-corrected chi connectivity index (χ3v) is 2.74. The van der Waals surface area contributed by atoms with Crippen molar-refractivity contribution in [3.63, 3.8) is 0 Å². The van der Waals surface area contributed by atoms with Crippen LogP contribution in [0.25, 0.3) is 0 Å². The normalized spacial score (nSPS) is 23.7. The summed E-state index contributed by atoms with van der Waals surface area (Å²) in [7, 11) is 1.62. The number of ether oxygens (including phenoxy) is 2. The van der Waals surface area contributed by atoms with E-state index in [1.54, 1.807) is 19.2 Å². The number of carbonyl (C=O) groups is 1. The van der Waals surface area contributed by atoms with Crippen molar-refractivity contribution in [2.24, 2.45) is 4.99 Å². The first-order valence-electron chi connectivity index (χ1n) is 5.21. The zero-order chi connectivity index (χ0) is 11.8. The molecule has 1 atom stereocenters. The molecule has 1 aromatic carbocycles. The SMILES string of the molecule is CN=C1NC(=O)C(c2ccc3c(c2)OCO3)N1. The molecule has 0 aliphatic carbocycles. The van der Waals surface area contributed by atoms with Gasteiger partial charge in [0.15, 0.2) is 17.5 Å². The van der Waals surface area contributed by atoms with Crippen LogP contribution in [0.2, 0.25) is 0 Å². The average molecular weight is 233 g/mol. The molecule has 0 saturated carbocycles. The highest BCUT2D eigenvalue weighted by atomic mass is 16.7. The van der Waals surface area contributed by atoms with Gasteiger partial charge in [-0.1, -0.05) is 6.07 Å². The molecule has 0 bridgehead atoms. The predicted octanol–water partition coefficient (Wildman–Crippen LogP) is 0.162. The van der Waals surface area contributed by atoms with Gasteiger partial charge in [0.1, 0.15) is 6.04 Å². The smallest absolute Gasteiger partial charge is 0.253 e. The van der Waals surface area contributed by atoms with E-state index < -0.39 is 6.04 Å². The molecular formula is C11H11N3O3. The Hall–Kier alpha value is -2.24. The molecular weight excluding hydrogens is 222 g/mol. The fraction of sp³-hybridized carbons (Fsp3) is 0.273. The lowest BCUT2D eigenvalue weighted by molar-refractivity contribution is -0.120. The van der Waals surface area contributed by atoms with Crippen molar-refractivity contribution in [2.75, 3.05) is 13.8 Å². The quantitative estimate of drug-likeness (QED) is 0.725. The lowest BCUT2D eigenvalue weighted by Gasteiger charge is -2.08. The van der Waals surface area contributed by atoms with Gasteiger partial charge in [0, 0.05) is 7.05 Å². The lowest BCUT2D eigenvalue weighted by Crippen LogP contribution is -2.24. The molecule has 6 heteroatoms. The molecule has 6 nitrogen and oxygen atoms in total. The van der Waals surface area contributed by atoms with Crippen molar-refractivity contribution < 1.29 is 14.3 Å². The molecule has 2 N–H and O–H groups in total. The summed E-state index contributed by atoms with van der Waals surface area (Å²) >= 11 is 0. The average Bonchev–Trinajstić information content (AvgIpc) is 2.93. The van der Waals surface area contributed by atoms with E-state index in [0.717, 1.165) is 5.56 Å². The first-order valence-corrected chi connectivity index (χ1v) is 5.21. The summed E-state index contributed by atoms with van der Waals surface area (Å²) in [6, 6.07) is 5.01. The van der Waals surface area contributed by atoms with Gasteiger partial charge in [-0.2, -0.15) is 0 Å². The van der Waals surface area contributed by atoms with Crippen molar-refractivity contribution in [1.82, 2.24) is 10.6 Å². The van der Waals surface area contributed by atoms with Gasteiger partial charge < -0.3 is 14.8 Å². The van der Waals surface area contributed by atoms with Crippen LogP contribution in [0.5, 0.6) is 11.5 Å². The van der Waals surface area contributed by atoms with Crippen LogP contribution in [0, 0.1) is 0 Å². The van der Waals surface area contributed by atoms with Gasteiger partial charge in [-0.25, -0.2) is 0 Å². The van der Waals surface area contributed by atoms with Gasteiger partial charge in [0.2, 0.25) is 6.79 Å². The number of hydrogen-bond acceptors (Lipinski definition) is 4. The number of carbonyl (C=O) groups excluding carboxylic acids is 1. The Morgan fingerprint density at radius 3 is 2.94 bits per heavy atom. The van der Waals surface area contributed by atoms with Gasteiger partial charge in [-0.3, -0.25) is 15.1 Å². The number of benzene rings is 1. The van der Waals surface area contributed by atoms with Crippen molar-refractivity contribution >= 4 is 11.9 Å². The lowest BCUT2D eigenvalue weighted by atomic mass is 10.1. The number of nitrogens with zero attached hydrogens (tertiary/aromatic N) is 1. The fourth-order valence-corrected chi connectivity index (χ4v) is 1.88. The molecule has 2 heterocycles. The molecule has 0 radical (unpaired) electrons. The maximum absolute atomic E-state index is 11.7. The Morgan fingerprint density at radius 1 is 1.35 bits per heavy atom. The minimum atomic E-state index is -0.428. The molecule has 1 unspecified atom stereocenters. The minimum Gasteiger partial charge on any atom is -0.454 e. The van der Waals surface area contributed by atoms with E-state index in [-0.39, 0.29) is 12.7 Å². The molecule has 1 aromatic rings. The predicted molar refractivity (Wildman–Crippen MR) is 59.9 cm³/mol. The van der Waals surface area contributed by atoms with Gasteiger partial charge in [0.25, 0.3) is 5.91 Å². The fourth-order valence-electron chi connectivity index (χ4n) is 1.88. The summed E-state index contributed by atoms with van der Waals surface area (Å²) < 4.78 is 10.5. The second-order valence-electron chi connectivity index (χ2n) is 3.75. The van der Waals surface area contributed by atoms with Gasteiger partial charge in [0.05, 0.1) is 0 Å². The summed E-state index contributed by atoms with van der Waals surface area (Å²) in [6.45, 7) is 0.227. The monoisotopic (exact) mass is 233 g/mol. The van der Waals surface area contributed by atoms with E-state index >= 15 is 0 Å². The van der Waals surface area contributed by atoms with E-state index in [4.69, 9.17) is 9.47 Å². The molecule has 0 aromatic heterocycles. The standard InChI is InChI=1S/C11H11N3O3/c1-12-11-13-9(10(15)14-11)6-2-3-7-8(4-6)17-5-16-7/h2-4,9H,5H2,1H3,(H2,12,13,14,15). The second kappa shape index (κ2) is 3.65. The second-order valence-corrected chi connectivity index (χ2v) is 3.75. The molecule has 0 spiro atoms. The molecule has 88 valence electrons. The van der Waals surface area contributed by atoms with E-state index in [0.29, 0.717) is 17.5 Å². The van der Waals surface area contributed by atoms with Crippen molar-refractivity contribution in [1.29, 1.82) is 0 Å². The number of nitrogens with one attached hydrogen (secondary N) is 2. The molecule has 3 rings (SSSR count). The van der Waals surface area contributed by atoms with Crippen LogP contribution in [0.4, 0.5) is 0 Å². The summed E-state index contributed by atoms with van der Waals surface area (Å²) in [5.74, 6) is 1.73. The molecule has 1 fully saturated rings. The summed E-state index contributed by atoms with van der Waals surface area (Å²) in [4.78, 5) is 15.6. The number of rotatable bonds is 1. The number of guanidine groups is 1. The van der Waals surface area contributed by atoms with E-state index in [2.05, 4.69) is 15.6 Å². The number of fused-ring (bicyclic) bond motifs is 1. The van der Waals surface area contributed by atoms with E-state index in [1.165, 1.54) is 0 Å². The first-order chi connectivity index (χ1) is 8.28. The Labute approximate surface area is 97.6 Å². The number of amides is 1. The topological polar surface area (TPSA) is 72.0 Å². The summed E-state index contributed by atoms with van der Waals surface area (Å²) in [5, 5.41) is 5.64. The molecule has 1 saturated heterocycles. The maximum atomic E-state index is 11.7. The Morgan fingerprint density at radius 2 is 2.18 bits per heavy atom. The Bertz CT molecular complexity index is 513. The Balaban J connectivity index is 1.92. The zero-order valence-electron chi connectivity index (χ0n) is 9.19. The maximum Gasteiger partial charge on any atom is 0.253 e. The van der Waals surface area contributed by atoms with Crippen LogP contribution >= 0.6 is 0 Å². The number of hydrogen-bond donors (Lipinski definition) is 2. The van der Waals surface area contributed by atoms with Crippen molar-refractivity contribution in [3.05, 3.63) is 23.8 Å². The molecule has 2 aliphatic rings. The van der Waals surface area contributed by atoms with Crippen LogP contribution in [-0.2, 0) is 4.79 Å². The van der Waals surface area contributed by atoms with Crippen LogP contribution in [0.15, 0.2) is 23.2 Å². The first kappa shape index (κ1) is 9.95. The van der Waals surface area contributed by atoms with Crippen LogP contribution in [0.1, 0.15) is 11.6 Å². The van der Waals surface area contributed by atoms with Crippen molar-refractivity contribution in [3.8, 4) is 11.5 Å². The third kappa shape index (κ3) is 1.57. The van der Waals surface area contributed by atoms with Crippen LogP contribution in [-0.4, -0.2) is 25.7 Å². The Kier molecular flexibility index (Phi) is 2.14. The zero-order valence-corrected chi connectivity index (χ0v) is 9.19. The van der Waals surface area contributed by atoms with E-state index in [9.17, 15) is 4.79 Å². The van der Waals surface area contributed by atoms with Crippen LogP contribution < -0.4 is 20.1 Å². The highest BCUT2D eigenvalue weighted by Crippen LogP contribution is 2.34. The van der Waals surface area contributed by atoms with Gasteiger partial charge in [-0.15, -0.1) is 0 Å². The largest absolute Gasteiger partial charge is 0.454 e. The highest BCUT2D eigenvalue weighted by Gasteiger charge is 2.30. The molecule has 1 amide bonds. The number of aliphatic imine (C=N–C) groups is 1. The van der Waals surface area contributed by atoms with Crippen molar-refractivity contribution in [2.45, 2.75) is 6.04 Å². The van der Waals surface area contributed by atoms with Crippen LogP contribution in [0.3, 0.4) is 0 Å². The molecule has 17 heavy (non-hydrogen) atoms. The molecule has 2 aliphatic heterocycles.